The molecule has 1 aromatic heterocycles. The van der Waals surface area contributed by atoms with Gasteiger partial charge in [-0.3, -0.25) is 15.0 Å². The van der Waals surface area contributed by atoms with Crippen LogP contribution in [0.3, 0.4) is 0 Å². The monoisotopic (exact) mass is 520 g/mol. The van der Waals surface area contributed by atoms with Gasteiger partial charge in [0.15, 0.2) is 11.9 Å². The third-order valence-corrected chi connectivity index (χ3v) is 5.79. The summed E-state index contributed by atoms with van der Waals surface area (Å²) in [5.41, 5.74) is 3.25. The van der Waals surface area contributed by atoms with Crippen molar-refractivity contribution >= 4 is 73.5 Å². The Balaban J connectivity index is 0.000000152. The van der Waals surface area contributed by atoms with E-state index in [1.165, 1.54) is 0 Å². The Morgan fingerprint density at radius 2 is 1.68 bits per heavy atom. The maximum Gasteiger partial charge on any atom is 0.196 e. The molecule has 3 heterocycles. The Hall–Kier alpha value is -2.62. The van der Waals surface area contributed by atoms with Gasteiger partial charge in [0.2, 0.25) is 0 Å². The smallest absolute Gasteiger partial charge is 0.196 e. The summed E-state index contributed by atoms with van der Waals surface area (Å²) in [5.74, 6) is 1.52. The van der Waals surface area contributed by atoms with Crippen molar-refractivity contribution in [3.63, 3.8) is 0 Å². The lowest BCUT2D eigenvalue weighted by Crippen LogP contribution is -2.26. The maximum atomic E-state index is 5.96. The van der Waals surface area contributed by atoms with E-state index in [1.807, 2.05) is 12.1 Å². The van der Waals surface area contributed by atoms with E-state index < -0.39 is 0 Å². The highest BCUT2D eigenvalue weighted by Gasteiger charge is 2.11. The van der Waals surface area contributed by atoms with Crippen LogP contribution in [0.2, 0.25) is 10.0 Å². The van der Waals surface area contributed by atoms with Gasteiger partial charge in [-0.05, 0) is 40.2 Å². The molecule has 4 N–H and O–H groups in total. The fourth-order valence-corrected chi connectivity index (χ4v) is 3.94. The number of guanidine groups is 2. The summed E-state index contributed by atoms with van der Waals surface area (Å²) in [6, 6.07) is 9.22. The van der Waals surface area contributed by atoms with Crippen LogP contribution in [0.1, 0.15) is 0 Å². The van der Waals surface area contributed by atoms with Crippen LogP contribution < -0.4 is 21.3 Å². The number of aromatic nitrogens is 2. The number of hydrogen-bond donors (Lipinski definition) is 4. The van der Waals surface area contributed by atoms with Crippen molar-refractivity contribution < 1.29 is 0 Å². The first-order chi connectivity index (χ1) is 15.1. The predicted molar refractivity (Wildman–Crippen MR) is 131 cm³/mol. The van der Waals surface area contributed by atoms with Gasteiger partial charge < -0.3 is 21.3 Å². The topological polar surface area (TPSA) is 98.6 Å². The number of benzene rings is 2. The summed E-state index contributed by atoms with van der Waals surface area (Å²) in [4.78, 5) is 17.1. The zero-order valence-electron chi connectivity index (χ0n) is 16.3. The van der Waals surface area contributed by atoms with Gasteiger partial charge >= 0.3 is 0 Å². The second-order valence-corrected chi connectivity index (χ2v) is 8.12. The summed E-state index contributed by atoms with van der Waals surface area (Å²) in [5, 5.41) is 13.7. The quantitative estimate of drug-likeness (QED) is 0.407. The highest BCUT2D eigenvalue weighted by Crippen LogP contribution is 2.32. The number of fused-ring (bicyclic) bond motifs is 1. The average molecular weight is 522 g/mol. The first-order valence-electron chi connectivity index (χ1n) is 9.57. The highest BCUT2D eigenvalue weighted by atomic mass is 79.9. The standard InChI is InChI=1S/C11H10BrN5.C9H9Cl2N3/c12-9-7(17-11-15-5-6-16-11)1-2-8-10(9)14-4-3-13-8;10-6-2-1-3-7(11)8(6)14-9-12-4-5-13-9/h1-4H,5-6H2,(H2,15,16,17);1-3H,4-5H2,(H2,12,13,14). The molecule has 31 heavy (non-hydrogen) atoms. The van der Waals surface area contributed by atoms with Gasteiger partial charge in [0.25, 0.3) is 0 Å². The fraction of sp³-hybridized carbons (Fsp3) is 0.200. The van der Waals surface area contributed by atoms with E-state index in [0.29, 0.717) is 15.7 Å². The number of nitrogens with one attached hydrogen (secondary N) is 4. The second-order valence-electron chi connectivity index (χ2n) is 6.52. The lowest BCUT2D eigenvalue weighted by atomic mass is 10.2. The van der Waals surface area contributed by atoms with Crippen molar-refractivity contribution in [1.29, 1.82) is 0 Å². The number of aliphatic imine (C=N–C) groups is 2. The first kappa shape index (κ1) is 21.6. The van der Waals surface area contributed by atoms with Gasteiger partial charge in [-0.15, -0.1) is 0 Å². The van der Waals surface area contributed by atoms with Crippen LogP contribution in [0.15, 0.2) is 57.2 Å². The Morgan fingerprint density at radius 1 is 0.935 bits per heavy atom. The summed E-state index contributed by atoms with van der Waals surface area (Å²) in [6.07, 6.45) is 3.37. The molecular formula is C20H19BrCl2N8. The van der Waals surface area contributed by atoms with E-state index in [9.17, 15) is 0 Å². The molecule has 5 rings (SSSR count). The summed E-state index contributed by atoms with van der Waals surface area (Å²) in [6.45, 7) is 3.45. The zero-order valence-corrected chi connectivity index (χ0v) is 19.4. The molecule has 8 nitrogen and oxygen atoms in total. The van der Waals surface area contributed by atoms with Crippen LogP contribution in [0.5, 0.6) is 0 Å². The number of anilines is 1. The van der Waals surface area contributed by atoms with Crippen LogP contribution in [0, 0.1) is 0 Å². The molecule has 1 fully saturated rings. The van der Waals surface area contributed by atoms with Gasteiger partial charge in [0.05, 0.1) is 32.3 Å². The van der Waals surface area contributed by atoms with Gasteiger partial charge in [0.1, 0.15) is 11.2 Å². The maximum absolute atomic E-state index is 5.96. The molecule has 2 aliphatic rings. The van der Waals surface area contributed by atoms with Gasteiger partial charge in [-0.2, -0.15) is 0 Å². The lowest BCUT2D eigenvalue weighted by molar-refractivity contribution is 0.942. The molecule has 0 bridgehead atoms. The van der Waals surface area contributed by atoms with Gasteiger partial charge in [-0.25, -0.2) is 4.99 Å². The molecule has 0 unspecified atom stereocenters. The van der Waals surface area contributed by atoms with Crippen LogP contribution in [-0.2, 0) is 0 Å². The number of hydrogen-bond acceptors (Lipinski definition) is 6. The minimum absolute atomic E-state index is 0.556. The summed E-state index contributed by atoms with van der Waals surface area (Å²) >= 11 is 15.5. The first-order valence-corrected chi connectivity index (χ1v) is 11.1. The van der Waals surface area contributed by atoms with Crippen LogP contribution in [0.4, 0.5) is 11.4 Å². The van der Waals surface area contributed by atoms with Crippen molar-refractivity contribution in [1.82, 2.24) is 25.9 Å². The molecule has 1 saturated heterocycles. The molecule has 0 radical (unpaired) electrons. The van der Waals surface area contributed by atoms with Crippen molar-refractivity contribution in [2.24, 2.45) is 9.98 Å². The van der Waals surface area contributed by atoms with Crippen molar-refractivity contribution in [3.8, 4) is 0 Å². The predicted octanol–water partition coefficient (Wildman–Crippen LogP) is 3.94. The lowest BCUT2D eigenvalue weighted by Gasteiger charge is -2.09. The van der Waals surface area contributed by atoms with Crippen LogP contribution in [-0.4, -0.2) is 48.1 Å². The number of para-hydroxylation sites is 1. The molecule has 3 aromatic rings. The van der Waals surface area contributed by atoms with E-state index in [2.05, 4.69) is 57.1 Å². The minimum atomic E-state index is 0.556. The molecule has 0 saturated carbocycles. The molecule has 160 valence electrons. The number of rotatable bonds is 2. The van der Waals surface area contributed by atoms with E-state index in [1.54, 1.807) is 30.6 Å². The van der Waals surface area contributed by atoms with Crippen molar-refractivity contribution in [3.05, 3.63) is 57.2 Å². The van der Waals surface area contributed by atoms with Gasteiger partial charge in [-0.1, -0.05) is 29.3 Å². The second kappa shape index (κ2) is 10.1. The normalized spacial score (nSPS) is 14.7. The van der Waals surface area contributed by atoms with Crippen molar-refractivity contribution in [2.45, 2.75) is 0 Å². The molecular weight excluding hydrogens is 503 g/mol. The molecule has 0 amide bonds. The zero-order chi connectivity index (χ0) is 21.6. The van der Waals surface area contributed by atoms with Crippen molar-refractivity contribution in [2.75, 3.05) is 31.5 Å². The number of nitrogens with zero attached hydrogens (tertiary/aromatic N) is 4. The molecule has 0 spiro atoms. The largest absolute Gasteiger partial charge is 0.354 e. The number of halogens is 3. The Labute approximate surface area is 197 Å². The van der Waals surface area contributed by atoms with E-state index in [-0.39, 0.29) is 0 Å². The Kier molecular flexibility index (Phi) is 7.06. The fourth-order valence-electron chi connectivity index (χ4n) is 2.92. The molecule has 2 aromatic carbocycles. The Bertz CT molecular complexity index is 1120. The SMILES string of the molecule is Brc1c(NC2=NCCN2)ccc2nccnc12.Clc1cccc(Cl)c1N=C1NCCN1. The third kappa shape index (κ3) is 5.36. The molecule has 11 heteroatoms. The minimum Gasteiger partial charge on any atom is -0.354 e. The van der Waals surface area contributed by atoms with E-state index in [0.717, 1.165) is 59.3 Å². The van der Waals surface area contributed by atoms with Crippen LogP contribution >= 0.6 is 39.1 Å². The Morgan fingerprint density at radius 3 is 2.39 bits per heavy atom. The molecule has 0 atom stereocenters. The third-order valence-electron chi connectivity index (χ3n) is 4.38. The highest BCUT2D eigenvalue weighted by molar-refractivity contribution is 9.10. The average Bonchev–Trinajstić information content (AvgIpc) is 3.48. The van der Waals surface area contributed by atoms with E-state index in [4.69, 9.17) is 23.2 Å². The summed E-state index contributed by atoms with van der Waals surface area (Å²) < 4.78 is 0.902. The van der Waals surface area contributed by atoms with E-state index >= 15 is 0 Å². The van der Waals surface area contributed by atoms with Gasteiger partial charge in [0, 0.05) is 32.0 Å². The molecule has 2 aliphatic heterocycles. The molecule has 0 aliphatic carbocycles. The van der Waals surface area contributed by atoms with Crippen LogP contribution in [0.25, 0.3) is 11.0 Å². The summed E-state index contributed by atoms with van der Waals surface area (Å²) in [7, 11) is 0.